The molecule has 0 atom stereocenters. The molecule has 7 heteroatoms. The SMILES string of the molecule is CCc1ccc(OC(=O)c2oc3c(c2C)/C(=N/NC(=O)c2cccc(OC)c2)CCC3)cc1. The number of methoxy groups -OCH3 is 1. The monoisotopic (exact) mass is 446 g/mol. The number of furan rings is 1. The van der Waals surface area contributed by atoms with Gasteiger partial charge in [-0.25, -0.2) is 10.2 Å². The predicted octanol–water partition coefficient (Wildman–Crippen LogP) is 4.85. The van der Waals surface area contributed by atoms with E-state index in [-0.39, 0.29) is 11.7 Å². The number of esters is 1. The van der Waals surface area contributed by atoms with Crippen LogP contribution in [0.1, 0.15) is 63.1 Å². The molecule has 7 nitrogen and oxygen atoms in total. The van der Waals surface area contributed by atoms with E-state index < -0.39 is 5.97 Å². The van der Waals surface area contributed by atoms with Gasteiger partial charge in [-0.3, -0.25) is 4.79 Å². The number of carbonyl (C=O) groups is 2. The van der Waals surface area contributed by atoms with Crippen molar-refractivity contribution in [3.63, 3.8) is 0 Å². The van der Waals surface area contributed by atoms with Crippen LogP contribution in [0.5, 0.6) is 11.5 Å². The van der Waals surface area contributed by atoms with Gasteiger partial charge in [0.25, 0.3) is 5.91 Å². The van der Waals surface area contributed by atoms with Crippen molar-refractivity contribution in [2.24, 2.45) is 5.10 Å². The molecular formula is C26H26N2O5. The van der Waals surface area contributed by atoms with E-state index in [9.17, 15) is 9.59 Å². The first-order valence-electron chi connectivity index (χ1n) is 10.9. The number of benzene rings is 2. The Hall–Kier alpha value is -3.87. The van der Waals surface area contributed by atoms with Crippen LogP contribution in [-0.4, -0.2) is 24.7 Å². The van der Waals surface area contributed by atoms with Gasteiger partial charge in [-0.1, -0.05) is 25.1 Å². The molecule has 1 heterocycles. The number of carbonyl (C=O) groups excluding carboxylic acids is 2. The Balaban J connectivity index is 1.54. The Labute approximate surface area is 192 Å². The molecule has 2 aromatic carbocycles. The summed E-state index contributed by atoms with van der Waals surface area (Å²) in [6.07, 6.45) is 3.08. The Morgan fingerprint density at radius 1 is 1.09 bits per heavy atom. The Morgan fingerprint density at radius 2 is 1.88 bits per heavy atom. The van der Waals surface area contributed by atoms with Gasteiger partial charge in [0.2, 0.25) is 5.76 Å². The van der Waals surface area contributed by atoms with E-state index >= 15 is 0 Å². The number of nitrogens with zero attached hydrogens (tertiary/aromatic N) is 1. The smallest absolute Gasteiger partial charge is 0.379 e. The molecular weight excluding hydrogens is 420 g/mol. The fourth-order valence-corrected chi connectivity index (χ4v) is 3.87. The summed E-state index contributed by atoms with van der Waals surface area (Å²) in [6.45, 7) is 3.87. The van der Waals surface area contributed by atoms with Crippen molar-refractivity contribution in [3.05, 3.63) is 82.3 Å². The maximum Gasteiger partial charge on any atom is 0.379 e. The van der Waals surface area contributed by atoms with E-state index in [2.05, 4.69) is 17.5 Å². The number of rotatable bonds is 6. The van der Waals surface area contributed by atoms with Gasteiger partial charge in [-0.2, -0.15) is 5.10 Å². The first-order chi connectivity index (χ1) is 16.0. The van der Waals surface area contributed by atoms with Gasteiger partial charge in [0.15, 0.2) is 0 Å². The van der Waals surface area contributed by atoms with Crippen molar-refractivity contribution in [3.8, 4) is 11.5 Å². The predicted molar refractivity (Wildman–Crippen MR) is 124 cm³/mol. The molecule has 0 saturated heterocycles. The summed E-state index contributed by atoms with van der Waals surface area (Å²) in [7, 11) is 1.55. The first-order valence-corrected chi connectivity index (χ1v) is 10.9. The summed E-state index contributed by atoms with van der Waals surface area (Å²) < 4.78 is 16.6. The molecule has 33 heavy (non-hydrogen) atoms. The van der Waals surface area contributed by atoms with Gasteiger partial charge < -0.3 is 13.9 Å². The van der Waals surface area contributed by atoms with E-state index in [1.165, 1.54) is 0 Å². The van der Waals surface area contributed by atoms with Crippen LogP contribution in [0.3, 0.4) is 0 Å². The van der Waals surface area contributed by atoms with Crippen molar-refractivity contribution in [2.75, 3.05) is 7.11 Å². The maximum atomic E-state index is 12.8. The fourth-order valence-electron chi connectivity index (χ4n) is 3.87. The van der Waals surface area contributed by atoms with Crippen LogP contribution in [0.2, 0.25) is 0 Å². The van der Waals surface area contributed by atoms with Crippen LogP contribution in [0.15, 0.2) is 58.0 Å². The van der Waals surface area contributed by atoms with Crippen molar-refractivity contribution in [1.82, 2.24) is 5.43 Å². The average Bonchev–Trinajstić information content (AvgIpc) is 3.20. The van der Waals surface area contributed by atoms with Crippen LogP contribution in [0.25, 0.3) is 0 Å². The van der Waals surface area contributed by atoms with Gasteiger partial charge >= 0.3 is 5.97 Å². The van der Waals surface area contributed by atoms with E-state index in [1.54, 1.807) is 43.5 Å². The molecule has 0 bridgehead atoms. The van der Waals surface area contributed by atoms with Gasteiger partial charge in [0.05, 0.1) is 12.8 Å². The zero-order chi connectivity index (χ0) is 23.4. The summed E-state index contributed by atoms with van der Waals surface area (Å²) in [5.41, 5.74) is 6.32. The Bertz CT molecular complexity index is 1210. The highest BCUT2D eigenvalue weighted by atomic mass is 16.5. The highest BCUT2D eigenvalue weighted by Gasteiger charge is 2.29. The molecule has 0 unspecified atom stereocenters. The minimum absolute atomic E-state index is 0.160. The minimum atomic E-state index is -0.550. The quantitative estimate of drug-likeness (QED) is 0.332. The van der Waals surface area contributed by atoms with Crippen LogP contribution < -0.4 is 14.9 Å². The van der Waals surface area contributed by atoms with E-state index in [1.807, 2.05) is 19.1 Å². The third kappa shape index (κ3) is 4.82. The molecule has 0 spiro atoms. The molecule has 0 saturated carbocycles. The normalized spacial score (nSPS) is 14.0. The molecule has 0 radical (unpaired) electrons. The van der Waals surface area contributed by atoms with Crippen molar-refractivity contribution in [1.29, 1.82) is 0 Å². The number of aryl methyl sites for hydroxylation is 2. The highest BCUT2D eigenvalue weighted by Crippen LogP contribution is 2.30. The lowest BCUT2D eigenvalue weighted by Crippen LogP contribution is -2.22. The Kier molecular flexibility index (Phi) is 6.58. The minimum Gasteiger partial charge on any atom is -0.497 e. The number of fused-ring (bicyclic) bond motifs is 1. The zero-order valence-corrected chi connectivity index (χ0v) is 18.9. The van der Waals surface area contributed by atoms with Gasteiger partial charge in [-0.15, -0.1) is 0 Å². The summed E-state index contributed by atoms with van der Waals surface area (Å²) in [4.78, 5) is 25.3. The molecule has 0 aliphatic heterocycles. The topological polar surface area (TPSA) is 90.1 Å². The summed E-state index contributed by atoms with van der Waals surface area (Å²) in [6, 6.07) is 14.3. The Morgan fingerprint density at radius 3 is 2.61 bits per heavy atom. The molecule has 170 valence electrons. The number of nitrogens with one attached hydrogen (secondary N) is 1. The molecule has 1 aromatic heterocycles. The third-order valence-corrected chi connectivity index (χ3v) is 5.68. The van der Waals surface area contributed by atoms with E-state index in [0.717, 1.165) is 24.0 Å². The third-order valence-electron chi connectivity index (χ3n) is 5.68. The highest BCUT2D eigenvalue weighted by molar-refractivity contribution is 6.06. The molecule has 1 aliphatic carbocycles. The second kappa shape index (κ2) is 9.73. The van der Waals surface area contributed by atoms with Crippen LogP contribution in [-0.2, 0) is 12.8 Å². The molecule has 3 aromatic rings. The van der Waals surface area contributed by atoms with Crippen LogP contribution in [0, 0.1) is 6.92 Å². The second-order valence-electron chi connectivity index (χ2n) is 7.83. The van der Waals surface area contributed by atoms with E-state index in [0.29, 0.717) is 46.9 Å². The van der Waals surface area contributed by atoms with Crippen molar-refractivity contribution >= 4 is 17.6 Å². The molecule has 4 rings (SSSR count). The summed E-state index contributed by atoms with van der Waals surface area (Å²) in [5.74, 6) is 1.00. The fraction of sp³-hybridized carbons (Fsp3) is 0.269. The van der Waals surface area contributed by atoms with Crippen molar-refractivity contribution < 1.29 is 23.5 Å². The average molecular weight is 447 g/mol. The molecule has 1 aliphatic rings. The standard InChI is InChI=1S/C26H26N2O5/c1-4-17-11-13-19(14-12-17)32-26(30)24-16(2)23-21(9-6-10-22(23)33-24)27-28-25(29)18-7-5-8-20(15-18)31-3/h5,7-8,11-15H,4,6,9-10H2,1-3H3,(H,28,29)/b27-21+. The van der Waals surface area contributed by atoms with Crippen molar-refractivity contribution in [2.45, 2.75) is 39.5 Å². The first kappa shape index (κ1) is 22.3. The van der Waals surface area contributed by atoms with Gasteiger partial charge in [0, 0.05) is 23.1 Å². The summed E-state index contributed by atoms with van der Waals surface area (Å²) >= 11 is 0. The lowest BCUT2D eigenvalue weighted by Gasteiger charge is -2.13. The molecule has 1 amide bonds. The van der Waals surface area contributed by atoms with Crippen LogP contribution in [0.4, 0.5) is 0 Å². The van der Waals surface area contributed by atoms with Gasteiger partial charge in [-0.05, 0) is 62.1 Å². The lowest BCUT2D eigenvalue weighted by atomic mass is 9.93. The number of amides is 1. The number of hydrazone groups is 1. The lowest BCUT2D eigenvalue weighted by molar-refractivity contribution is 0.0698. The molecule has 0 fully saturated rings. The number of hydrogen-bond donors (Lipinski definition) is 1. The largest absolute Gasteiger partial charge is 0.497 e. The molecule has 1 N–H and O–H groups in total. The zero-order valence-electron chi connectivity index (χ0n) is 18.9. The number of hydrogen-bond acceptors (Lipinski definition) is 6. The number of ether oxygens (including phenoxy) is 2. The van der Waals surface area contributed by atoms with Gasteiger partial charge in [0.1, 0.15) is 17.3 Å². The maximum absolute atomic E-state index is 12.8. The van der Waals surface area contributed by atoms with Crippen LogP contribution >= 0.6 is 0 Å². The second-order valence-corrected chi connectivity index (χ2v) is 7.83. The summed E-state index contributed by atoms with van der Waals surface area (Å²) in [5, 5.41) is 4.36. The van der Waals surface area contributed by atoms with E-state index in [4.69, 9.17) is 13.9 Å².